The van der Waals surface area contributed by atoms with Gasteiger partial charge in [0, 0.05) is 0 Å². The van der Waals surface area contributed by atoms with Gasteiger partial charge in [0.25, 0.3) is 0 Å². The third kappa shape index (κ3) is 2.87. The first kappa shape index (κ1) is 12.2. The lowest BCUT2D eigenvalue weighted by Gasteiger charge is -2.28. The molecule has 1 saturated carbocycles. The average molecular weight is 232 g/mol. The fourth-order valence-electron chi connectivity index (χ4n) is 2.84. The van der Waals surface area contributed by atoms with Crippen LogP contribution in [0.4, 0.5) is 0 Å². The molecule has 1 aromatic rings. The molecule has 1 atom stereocenters. The smallest absolute Gasteiger partial charge is 0.335 e. The molecule has 0 aliphatic heterocycles. The second kappa shape index (κ2) is 5.35. The molecule has 0 saturated heterocycles. The predicted molar refractivity (Wildman–Crippen MR) is 68.4 cm³/mol. The van der Waals surface area contributed by atoms with E-state index in [-0.39, 0.29) is 0 Å². The van der Waals surface area contributed by atoms with Crippen molar-refractivity contribution < 1.29 is 9.90 Å². The first-order valence-electron chi connectivity index (χ1n) is 6.51. The molecule has 2 heteroatoms. The number of hydrogen-bond acceptors (Lipinski definition) is 1. The maximum atomic E-state index is 10.8. The summed E-state index contributed by atoms with van der Waals surface area (Å²) in [6, 6.07) is 7.39. The van der Waals surface area contributed by atoms with Crippen molar-refractivity contribution in [3.63, 3.8) is 0 Å². The largest absolute Gasteiger partial charge is 0.478 e. The van der Waals surface area contributed by atoms with E-state index in [0.29, 0.717) is 11.5 Å². The Hall–Kier alpha value is -1.31. The highest BCUT2D eigenvalue weighted by atomic mass is 16.4. The molecule has 1 aliphatic rings. The zero-order valence-corrected chi connectivity index (χ0v) is 10.4. The first-order valence-corrected chi connectivity index (χ1v) is 6.51. The van der Waals surface area contributed by atoms with Gasteiger partial charge in [-0.2, -0.15) is 0 Å². The van der Waals surface area contributed by atoms with Crippen LogP contribution in [0.15, 0.2) is 24.3 Å². The van der Waals surface area contributed by atoms with Crippen LogP contribution in [0, 0.1) is 5.92 Å². The van der Waals surface area contributed by atoms with Gasteiger partial charge in [0.15, 0.2) is 0 Å². The second-order valence-corrected chi connectivity index (χ2v) is 5.11. The SMILES string of the molecule is CC(c1ccc(C(=O)O)cc1)C1CCCCC1. The third-order valence-corrected chi connectivity index (χ3v) is 4.04. The quantitative estimate of drug-likeness (QED) is 0.853. The number of benzene rings is 1. The zero-order valence-electron chi connectivity index (χ0n) is 10.4. The van der Waals surface area contributed by atoms with Crippen LogP contribution in [0.2, 0.25) is 0 Å². The van der Waals surface area contributed by atoms with Gasteiger partial charge in [0.2, 0.25) is 0 Å². The molecule has 1 fully saturated rings. The van der Waals surface area contributed by atoms with Gasteiger partial charge in [-0.1, -0.05) is 38.3 Å². The normalized spacial score (nSPS) is 18.9. The zero-order chi connectivity index (χ0) is 12.3. The molecule has 0 spiro atoms. The molecule has 1 aliphatic carbocycles. The Kier molecular flexibility index (Phi) is 3.82. The molecule has 1 aromatic carbocycles. The fourth-order valence-corrected chi connectivity index (χ4v) is 2.84. The van der Waals surface area contributed by atoms with E-state index in [9.17, 15) is 4.79 Å². The van der Waals surface area contributed by atoms with Crippen LogP contribution < -0.4 is 0 Å². The summed E-state index contributed by atoms with van der Waals surface area (Å²) >= 11 is 0. The molecule has 92 valence electrons. The lowest BCUT2D eigenvalue weighted by atomic mass is 9.78. The topological polar surface area (TPSA) is 37.3 Å². The Morgan fingerprint density at radius 3 is 2.29 bits per heavy atom. The Morgan fingerprint density at radius 2 is 1.76 bits per heavy atom. The van der Waals surface area contributed by atoms with Gasteiger partial charge in [-0.3, -0.25) is 0 Å². The van der Waals surface area contributed by atoms with E-state index in [1.807, 2.05) is 12.1 Å². The molecule has 1 N–H and O–H groups in total. The van der Waals surface area contributed by atoms with Gasteiger partial charge in [-0.25, -0.2) is 4.79 Å². The molecule has 0 radical (unpaired) electrons. The number of rotatable bonds is 3. The van der Waals surface area contributed by atoms with Gasteiger partial charge in [0.05, 0.1) is 5.56 Å². The van der Waals surface area contributed by atoms with Crippen LogP contribution in [-0.2, 0) is 0 Å². The molecule has 2 nitrogen and oxygen atoms in total. The third-order valence-electron chi connectivity index (χ3n) is 4.04. The van der Waals surface area contributed by atoms with E-state index in [4.69, 9.17) is 5.11 Å². The first-order chi connectivity index (χ1) is 8.18. The van der Waals surface area contributed by atoms with E-state index >= 15 is 0 Å². The summed E-state index contributed by atoms with van der Waals surface area (Å²) in [5.41, 5.74) is 1.66. The van der Waals surface area contributed by atoms with Gasteiger partial charge in [-0.05, 0) is 42.4 Å². The Labute approximate surface area is 103 Å². The standard InChI is InChI=1S/C15H20O2/c1-11(12-5-3-2-4-6-12)13-7-9-14(10-8-13)15(16)17/h7-12H,2-6H2,1H3,(H,16,17). The second-order valence-electron chi connectivity index (χ2n) is 5.11. The number of carbonyl (C=O) groups is 1. The van der Waals surface area contributed by atoms with Crippen molar-refractivity contribution in [2.75, 3.05) is 0 Å². The summed E-state index contributed by atoms with van der Waals surface area (Å²) in [5.74, 6) is 0.486. The number of carboxylic acids is 1. The van der Waals surface area contributed by atoms with Crippen molar-refractivity contribution in [3.05, 3.63) is 35.4 Å². The number of hydrogen-bond donors (Lipinski definition) is 1. The lowest BCUT2D eigenvalue weighted by Crippen LogP contribution is -2.14. The van der Waals surface area contributed by atoms with Crippen molar-refractivity contribution in [1.29, 1.82) is 0 Å². The molecule has 1 unspecified atom stereocenters. The van der Waals surface area contributed by atoms with E-state index in [2.05, 4.69) is 6.92 Å². The summed E-state index contributed by atoms with van der Waals surface area (Å²) in [4.78, 5) is 10.8. The monoisotopic (exact) mass is 232 g/mol. The van der Waals surface area contributed by atoms with Crippen LogP contribution in [-0.4, -0.2) is 11.1 Å². The van der Waals surface area contributed by atoms with Crippen LogP contribution in [0.25, 0.3) is 0 Å². The van der Waals surface area contributed by atoms with Crippen molar-refractivity contribution in [3.8, 4) is 0 Å². The van der Waals surface area contributed by atoms with Crippen LogP contribution in [0.1, 0.15) is 60.9 Å². The maximum Gasteiger partial charge on any atom is 0.335 e. The minimum atomic E-state index is -0.845. The highest BCUT2D eigenvalue weighted by molar-refractivity contribution is 5.87. The summed E-state index contributed by atoms with van der Waals surface area (Å²) < 4.78 is 0. The maximum absolute atomic E-state index is 10.8. The number of aromatic carboxylic acids is 1. The average Bonchev–Trinajstić information content (AvgIpc) is 2.39. The van der Waals surface area contributed by atoms with Gasteiger partial charge < -0.3 is 5.11 Å². The molecular formula is C15H20O2. The molecule has 0 amide bonds. The minimum Gasteiger partial charge on any atom is -0.478 e. The van der Waals surface area contributed by atoms with Crippen molar-refractivity contribution in [2.45, 2.75) is 44.9 Å². The molecule has 2 rings (SSSR count). The number of carboxylic acid groups (broad SMARTS) is 1. The Balaban J connectivity index is 2.07. The molecule has 0 heterocycles. The van der Waals surface area contributed by atoms with Crippen molar-refractivity contribution >= 4 is 5.97 Å². The van der Waals surface area contributed by atoms with Crippen LogP contribution in [0.5, 0.6) is 0 Å². The van der Waals surface area contributed by atoms with E-state index < -0.39 is 5.97 Å². The Bertz CT molecular complexity index is 374. The summed E-state index contributed by atoms with van der Waals surface area (Å²) in [6.45, 7) is 2.27. The highest BCUT2D eigenvalue weighted by Gasteiger charge is 2.21. The fraction of sp³-hybridized carbons (Fsp3) is 0.533. The Morgan fingerprint density at radius 1 is 1.18 bits per heavy atom. The van der Waals surface area contributed by atoms with Crippen molar-refractivity contribution in [2.24, 2.45) is 5.92 Å². The molecule has 0 aromatic heterocycles. The van der Waals surface area contributed by atoms with Crippen LogP contribution >= 0.6 is 0 Å². The van der Waals surface area contributed by atoms with Crippen molar-refractivity contribution in [1.82, 2.24) is 0 Å². The summed E-state index contributed by atoms with van der Waals surface area (Å²) in [6.07, 6.45) is 6.72. The van der Waals surface area contributed by atoms with E-state index in [1.165, 1.54) is 37.7 Å². The summed E-state index contributed by atoms with van der Waals surface area (Å²) in [7, 11) is 0. The van der Waals surface area contributed by atoms with E-state index in [0.717, 1.165) is 5.92 Å². The highest BCUT2D eigenvalue weighted by Crippen LogP contribution is 2.35. The minimum absolute atomic E-state index is 0.379. The van der Waals surface area contributed by atoms with Crippen LogP contribution in [0.3, 0.4) is 0 Å². The molecular weight excluding hydrogens is 212 g/mol. The predicted octanol–water partition coefficient (Wildman–Crippen LogP) is 4.07. The van der Waals surface area contributed by atoms with Gasteiger partial charge >= 0.3 is 5.97 Å². The van der Waals surface area contributed by atoms with Gasteiger partial charge in [-0.15, -0.1) is 0 Å². The summed E-state index contributed by atoms with van der Waals surface area (Å²) in [5, 5.41) is 8.86. The van der Waals surface area contributed by atoms with E-state index in [1.54, 1.807) is 12.1 Å². The van der Waals surface area contributed by atoms with Gasteiger partial charge in [0.1, 0.15) is 0 Å². The molecule has 0 bridgehead atoms. The molecule has 17 heavy (non-hydrogen) atoms. The lowest BCUT2D eigenvalue weighted by molar-refractivity contribution is 0.0697.